The number of carbonyl (C=O) groups is 1. The van der Waals surface area contributed by atoms with Gasteiger partial charge in [0, 0.05) is 10.6 Å². The molecule has 0 radical (unpaired) electrons. The van der Waals surface area contributed by atoms with Crippen LogP contribution < -0.4 is 11.1 Å². The molecule has 0 aliphatic carbocycles. The summed E-state index contributed by atoms with van der Waals surface area (Å²) < 4.78 is 0. The largest absolute Gasteiger partial charge is 0.394 e. The Kier molecular flexibility index (Phi) is 3.01. The minimum Gasteiger partial charge on any atom is -0.394 e. The maximum Gasteiger partial charge on any atom is 0.257 e. The molecular formula is C11H11ClN4O. The molecule has 0 aliphatic rings. The van der Waals surface area contributed by atoms with Crippen molar-refractivity contribution < 1.29 is 4.79 Å². The second-order valence-corrected chi connectivity index (χ2v) is 4.05. The van der Waals surface area contributed by atoms with Crippen LogP contribution in [0.25, 0.3) is 0 Å². The fourth-order valence-corrected chi connectivity index (χ4v) is 1.59. The Labute approximate surface area is 103 Å². The first-order valence-corrected chi connectivity index (χ1v) is 5.32. The molecule has 0 saturated heterocycles. The highest BCUT2D eigenvalue weighted by molar-refractivity contribution is 6.31. The van der Waals surface area contributed by atoms with E-state index >= 15 is 0 Å². The van der Waals surface area contributed by atoms with Crippen molar-refractivity contribution in [3.8, 4) is 0 Å². The summed E-state index contributed by atoms with van der Waals surface area (Å²) >= 11 is 5.85. The van der Waals surface area contributed by atoms with Gasteiger partial charge in [0.1, 0.15) is 0 Å². The lowest BCUT2D eigenvalue weighted by Crippen LogP contribution is -2.14. The molecule has 1 aromatic carbocycles. The third kappa shape index (κ3) is 2.39. The molecule has 0 fully saturated rings. The van der Waals surface area contributed by atoms with Gasteiger partial charge in [0.05, 0.1) is 11.9 Å². The molecule has 5 nitrogen and oxygen atoms in total. The molecule has 0 unspecified atom stereocenters. The van der Waals surface area contributed by atoms with Gasteiger partial charge in [-0.3, -0.25) is 9.89 Å². The Balaban J connectivity index is 2.26. The number of H-pyrrole nitrogens is 1. The number of carbonyl (C=O) groups excluding carboxylic acids is 1. The molecule has 6 heteroatoms. The van der Waals surface area contributed by atoms with E-state index in [0.717, 1.165) is 5.56 Å². The van der Waals surface area contributed by atoms with Gasteiger partial charge in [0.15, 0.2) is 5.82 Å². The van der Waals surface area contributed by atoms with Crippen molar-refractivity contribution in [3.63, 3.8) is 0 Å². The Hall–Kier alpha value is -2.01. The lowest BCUT2D eigenvalue weighted by Gasteiger charge is -2.07. The number of aryl methyl sites for hydroxylation is 1. The normalized spacial score (nSPS) is 10.2. The number of hydrogen-bond acceptors (Lipinski definition) is 3. The third-order valence-corrected chi connectivity index (χ3v) is 2.59. The number of anilines is 2. The van der Waals surface area contributed by atoms with Crippen LogP contribution in [0.2, 0.25) is 5.02 Å². The fraction of sp³-hybridized carbons (Fsp3) is 0.0909. The fourth-order valence-electron chi connectivity index (χ4n) is 1.42. The topological polar surface area (TPSA) is 83.8 Å². The molecule has 88 valence electrons. The van der Waals surface area contributed by atoms with E-state index in [1.165, 1.54) is 6.20 Å². The molecule has 0 bridgehead atoms. The Morgan fingerprint density at radius 1 is 1.53 bits per heavy atom. The smallest absolute Gasteiger partial charge is 0.257 e. The first-order chi connectivity index (χ1) is 8.08. The Morgan fingerprint density at radius 3 is 2.94 bits per heavy atom. The predicted octanol–water partition coefficient (Wildman–Crippen LogP) is 2.21. The van der Waals surface area contributed by atoms with Crippen LogP contribution in [0.5, 0.6) is 0 Å². The minimum absolute atomic E-state index is 0.277. The summed E-state index contributed by atoms with van der Waals surface area (Å²) in [5, 5.41) is 9.46. The number of nitrogens with one attached hydrogen (secondary N) is 2. The van der Waals surface area contributed by atoms with Crippen molar-refractivity contribution in [2.45, 2.75) is 6.92 Å². The number of aromatic amines is 1. The maximum absolute atomic E-state index is 12.0. The number of nitrogens with zero attached hydrogens (tertiary/aromatic N) is 1. The van der Waals surface area contributed by atoms with E-state index in [-0.39, 0.29) is 5.91 Å². The Bertz CT molecular complexity index is 564. The molecule has 4 N–H and O–H groups in total. The van der Waals surface area contributed by atoms with E-state index in [9.17, 15) is 4.79 Å². The first kappa shape index (κ1) is 11.5. The van der Waals surface area contributed by atoms with Crippen molar-refractivity contribution in [2.75, 3.05) is 11.1 Å². The van der Waals surface area contributed by atoms with Crippen molar-refractivity contribution in [3.05, 3.63) is 40.5 Å². The lowest BCUT2D eigenvalue weighted by atomic mass is 10.1. The molecule has 0 spiro atoms. The van der Waals surface area contributed by atoms with Gasteiger partial charge in [0.25, 0.3) is 5.91 Å². The van der Waals surface area contributed by atoms with Crippen LogP contribution in [0.15, 0.2) is 24.4 Å². The highest BCUT2D eigenvalue weighted by Crippen LogP contribution is 2.18. The van der Waals surface area contributed by atoms with Crippen LogP contribution in [0.3, 0.4) is 0 Å². The highest BCUT2D eigenvalue weighted by Gasteiger charge is 2.12. The van der Waals surface area contributed by atoms with E-state index in [1.807, 2.05) is 6.92 Å². The first-order valence-electron chi connectivity index (χ1n) is 4.94. The molecule has 0 aliphatic heterocycles. The number of nitrogens with two attached hydrogens (primary N) is 1. The van der Waals surface area contributed by atoms with Crippen LogP contribution >= 0.6 is 11.6 Å². The lowest BCUT2D eigenvalue weighted by molar-refractivity contribution is 0.102. The average molecular weight is 251 g/mol. The van der Waals surface area contributed by atoms with Crippen LogP contribution in [-0.4, -0.2) is 16.1 Å². The summed E-state index contributed by atoms with van der Waals surface area (Å²) in [6, 6.07) is 5.13. The monoisotopic (exact) mass is 250 g/mol. The quantitative estimate of drug-likeness (QED) is 0.764. The van der Waals surface area contributed by atoms with E-state index in [0.29, 0.717) is 22.1 Å². The van der Waals surface area contributed by atoms with Gasteiger partial charge in [-0.1, -0.05) is 17.7 Å². The molecular weight excluding hydrogens is 240 g/mol. The zero-order valence-corrected chi connectivity index (χ0v) is 9.88. The van der Waals surface area contributed by atoms with Crippen molar-refractivity contribution in [2.24, 2.45) is 0 Å². The molecule has 17 heavy (non-hydrogen) atoms. The van der Waals surface area contributed by atoms with Gasteiger partial charge in [-0.25, -0.2) is 0 Å². The molecule has 1 heterocycles. The summed E-state index contributed by atoms with van der Waals surface area (Å²) in [6.45, 7) is 1.83. The summed E-state index contributed by atoms with van der Waals surface area (Å²) in [5.74, 6) is 0.107. The van der Waals surface area contributed by atoms with Crippen molar-refractivity contribution >= 4 is 29.0 Å². The van der Waals surface area contributed by atoms with E-state index in [2.05, 4.69) is 15.5 Å². The molecule has 2 rings (SSSR count). The number of benzene rings is 1. The minimum atomic E-state index is -0.277. The second-order valence-electron chi connectivity index (χ2n) is 3.61. The number of nitrogen functional groups attached to an aromatic ring is 1. The average Bonchev–Trinajstić information content (AvgIpc) is 2.68. The summed E-state index contributed by atoms with van der Waals surface area (Å²) in [7, 11) is 0. The zero-order valence-electron chi connectivity index (χ0n) is 9.12. The van der Waals surface area contributed by atoms with Gasteiger partial charge in [0.2, 0.25) is 0 Å². The zero-order chi connectivity index (χ0) is 12.4. The molecule has 0 atom stereocenters. The number of aromatic nitrogens is 2. The number of amides is 1. The SMILES string of the molecule is Cc1ccc(Cl)cc1C(=O)Nc1[nH]ncc1N. The molecule has 1 amide bonds. The van der Waals surface area contributed by atoms with Gasteiger partial charge in [-0.05, 0) is 24.6 Å². The summed E-state index contributed by atoms with van der Waals surface area (Å²) in [5.41, 5.74) is 7.33. The molecule has 2 aromatic rings. The van der Waals surface area contributed by atoms with Gasteiger partial charge >= 0.3 is 0 Å². The second kappa shape index (κ2) is 4.47. The van der Waals surface area contributed by atoms with E-state index in [4.69, 9.17) is 17.3 Å². The number of halogens is 1. The van der Waals surface area contributed by atoms with Crippen molar-refractivity contribution in [1.29, 1.82) is 0 Å². The van der Waals surface area contributed by atoms with Gasteiger partial charge < -0.3 is 11.1 Å². The van der Waals surface area contributed by atoms with Crippen LogP contribution in [0, 0.1) is 6.92 Å². The molecule has 1 aromatic heterocycles. The van der Waals surface area contributed by atoms with Gasteiger partial charge in [-0.15, -0.1) is 0 Å². The predicted molar refractivity (Wildman–Crippen MR) is 67.1 cm³/mol. The third-order valence-electron chi connectivity index (χ3n) is 2.35. The Morgan fingerprint density at radius 2 is 2.29 bits per heavy atom. The van der Waals surface area contributed by atoms with Crippen LogP contribution in [-0.2, 0) is 0 Å². The summed E-state index contributed by atoms with van der Waals surface area (Å²) in [6.07, 6.45) is 1.43. The highest BCUT2D eigenvalue weighted by atomic mass is 35.5. The number of hydrogen-bond donors (Lipinski definition) is 3. The standard InChI is InChI=1S/C11H11ClN4O/c1-6-2-3-7(12)4-8(6)11(17)15-10-9(13)5-14-16-10/h2-5H,13H2,1H3,(H2,14,15,16,17). The van der Waals surface area contributed by atoms with Crippen LogP contribution in [0.1, 0.15) is 15.9 Å². The van der Waals surface area contributed by atoms with E-state index < -0.39 is 0 Å². The summed E-state index contributed by atoms with van der Waals surface area (Å²) in [4.78, 5) is 12.0. The van der Waals surface area contributed by atoms with E-state index in [1.54, 1.807) is 18.2 Å². The van der Waals surface area contributed by atoms with Crippen LogP contribution in [0.4, 0.5) is 11.5 Å². The number of rotatable bonds is 2. The van der Waals surface area contributed by atoms with Crippen molar-refractivity contribution in [1.82, 2.24) is 10.2 Å². The maximum atomic E-state index is 12.0. The van der Waals surface area contributed by atoms with Gasteiger partial charge in [-0.2, -0.15) is 5.10 Å². The molecule has 0 saturated carbocycles.